The van der Waals surface area contributed by atoms with Gasteiger partial charge >= 0.3 is 6.36 Å². The van der Waals surface area contributed by atoms with Crippen LogP contribution in [-0.2, 0) is 10.2 Å². The van der Waals surface area contributed by atoms with E-state index in [2.05, 4.69) is 10.1 Å². The van der Waals surface area contributed by atoms with Crippen molar-refractivity contribution in [2.75, 3.05) is 19.2 Å². The highest BCUT2D eigenvalue weighted by Gasteiger charge is 2.51. The van der Waals surface area contributed by atoms with Gasteiger partial charge in [-0.2, -0.15) is 0 Å². The molecule has 2 aliphatic rings. The molecule has 9 heteroatoms. The summed E-state index contributed by atoms with van der Waals surface area (Å²) in [4.78, 5) is 13.3. The van der Waals surface area contributed by atoms with Crippen LogP contribution in [0.3, 0.4) is 0 Å². The molecule has 0 unspecified atom stereocenters. The van der Waals surface area contributed by atoms with Gasteiger partial charge in [0.25, 0.3) is 0 Å². The summed E-state index contributed by atoms with van der Waals surface area (Å²) in [6, 6.07) is 16.1. The normalized spacial score (nSPS) is 15.5. The maximum atomic E-state index is 13.3. The van der Waals surface area contributed by atoms with Gasteiger partial charge in [0.1, 0.15) is 11.5 Å². The third-order valence-electron chi connectivity index (χ3n) is 5.97. The van der Waals surface area contributed by atoms with Gasteiger partial charge in [0.2, 0.25) is 12.7 Å². The maximum absolute atomic E-state index is 13.3. The van der Waals surface area contributed by atoms with E-state index < -0.39 is 17.5 Å². The van der Waals surface area contributed by atoms with Crippen molar-refractivity contribution in [2.45, 2.75) is 24.6 Å². The smallest absolute Gasteiger partial charge is 0.496 e. The number of halogens is 3. The van der Waals surface area contributed by atoms with E-state index in [1.54, 1.807) is 36.4 Å². The molecular formula is C25H22F3NO5. The summed E-state index contributed by atoms with van der Waals surface area (Å²) in [6.45, 7) is 0.135. The van der Waals surface area contributed by atoms with E-state index >= 15 is 0 Å². The highest BCUT2D eigenvalue weighted by Crippen LogP contribution is 2.51. The van der Waals surface area contributed by atoms with Crippen molar-refractivity contribution in [1.29, 1.82) is 0 Å². The van der Waals surface area contributed by atoms with Crippen molar-refractivity contribution >= 4 is 11.6 Å². The Bertz CT molecular complexity index is 1260. The van der Waals surface area contributed by atoms with Crippen LogP contribution in [0.4, 0.5) is 18.9 Å². The summed E-state index contributed by atoms with van der Waals surface area (Å²) in [7, 11) is 1.43. The molecule has 0 atom stereocenters. The van der Waals surface area contributed by atoms with E-state index in [0.29, 0.717) is 41.3 Å². The number of carbonyl (C=O) groups excluding carboxylic acids is 1. The maximum Gasteiger partial charge on any atom is 0.573 e. The third-order valence-corrected chi connectivity index (χ3v) is 5.97. The summed E-state index contributed by atoms with van der Waals surface area (Å²) in [5.41, 5.74) is 0.952. The summed E-state index contributed by atoms with van der Waals surface area (Å²) in [5.74, 6) is 0.941. The van der Waals surface area contributed by atoms with Crippen LogP contribution in [0.5, 0.6) is 23.0 Å². The number of methoxy groups -OCH3 is 1. The Hall–Kier alpha value is -3.88. The average molecular weight is 473 g/mol. The predicted molar refractivity (Wildman–Crippen MR) is 119 cm³/mol. The zero-order valence-corrected chi connectivity index (χ0v) is 18.1. The SMILES string of the molecule is COc1ccccc1-c1cc(NC(=O)C2(c3ccc4c(c3)OCO4)CC2)ccc1OC(F)(F)F.[HH]. The van der Waals surface area contributed by atoms with Crippen LogP contribution in [0.2, 0.25) is 0 Å². The zero-order valence-electron chi connectivity index (χ0n) is 18.1. The number of alkyl halides is 3. The fourth-order valence-electron chi connectivity index (χ4n) is 4.12. The van der Waals surface area contributed by atoms with E-state index in [9.17, 15) is 18.0 Å². The average Bonchev–Trinajstić information content (AvgIpc) is 3.50. The molecule has 3 aromatic carbocycles. The van der Waals surface area contributed by atoms with Gasteiger partial charge in [-0.05, 0) is 54.8 Å². The molecule has 178 valence electrons. The molecule has 34 heavy (non-hydrogen) atoms. The molecule has 0 radical (unpaired) electrons. The first-order chi connectivity index (χ1) is 16.3. The monoisotopic (exact) mass is 473 g/mol. The lowest BCUT2D eigenvalue weighted by atomic mass is 9.94. The minimum Gasteiger partial charge on any atom is -0.496 e. The van der Waals surface area contributed by atoms with Crippen LogP contribution in [-0.4, -0.2) is 26.2 Å². The molecule has 5 rings (SSSR count). The van der Waals surface area contributed by atoms with Crippen LogP contribution in [0.25, 0.3) is 11.1 Å². The first-order valence-electron chi connectivity index (χ1n) is 10.5. The predicted octanol–water partition coefficient (Wildman–Crippen LogP) is 5.91. The minimum atomic E-state index is -4.88. The second-order valence-corrected chi connectivity index (χ2v) is 8.06. The van der Waals surface area contributed by atoms with E-state index in [0.717, 1.165) is 5.56 Å². The molecular weight excluding hydrogens is 451 g/mol. The van der Waals surface area contributed by atoms with E-state index in [1.807, 2.05) is 6.07 Å². The summed E-state index contributed by atoms with van der Waals surface area (Å²) < 4.78 is 59.4. The molecule has 6 nitrogen and oxygen atoms in total. The number of amides is 1. The number of carbonyl (C=O) groups is 1. The highest BCUT2D eigenvalue weighted by atomic mass is 19.4. The quantitative estimate of drug-likeness (QED) is 0.483. The second-order valence-electron chi connectivity index (χ2n) is 8.06. The van der Waals surface area contributed by atoms with Gasteiger partial charge in [-0.15, -0.1) is 13.2 Å². The van der Waals surface area contributed by atoms with Crippen molar-refractivity contribution in [3.63, 3.8) is 0 Å². The molecule has 1 saturated carbocycles. The molecule has 1 fully saturated rings. The van der Waals surface area contributed by atoms with Crippen LogP contribution in [0, 0.1) is 0 Å². The summed E-state index contributed by atoms with van der Waals surface area (Å²) in [5, 5.41) is 2.86. The van der Waals surface area contributed by atoms with Crippen LogP contribution in [0.15, 0.2) is 60.7 Å². The number of ether oxygens (including phenoxy) is 4. The molecule has 1 N–H and O–H groups in total. The summed E-state index contributed by atoms with van der Waals surface area (Å²) >= 11 is 0. The molecule has 0 bridgehead atoms. The Balaban J connectivity index is 0.00000289. The molecule has 3 aromatic rings. The Kier molecular flexibility index (Phi) is 5.27. The molecule has 1 amide bonds. The Morgan fingerprint density at radius 1 is 0.971 bits per heavy atom. The lowest BCUT2D eigenvalue weighted by Crippen LogP contribution is -2.27. The summed E-state index contributed by atoms with van der Waals surface area (Å²) in [6.07, 6.45) is -3.58. The minimum absolute atomic E-state index is 0. The van der Waals surface area contributed by atoms with Gasteiger partial charge in [0.15, 0.2) is 11.5 Å². The largest absolute Gasteiger partial charge is 0.573 e. The number of para-hydroxylation sites is 1. The number of benzene rings is 3. The molecule has 1 heterocycles. The van der Waals surface area contributed by atoms with Crippen molar-refractivity contribution in [2.24, 2.45) is 0 Å². The standard InChI is InChI=1S/C25H20F3NO5.H2/c1-31-19-5-3-2-4-17(19)18-13-16(7-9-20(18)34-25(26,27)28)29-23(30)24(10-11-24)15-6-8-21-22(12-15)33-14-32-21;/h2-9,12-13H,10-11,14H2,1H3,(H,29,30);1H. The second kappa shape index (κ2) is 8.16. The number of hydrogen-bond donors (Lipinski definition) is 1. The molecule has 1 aliphatic heterocycles. The Labute approximate surface area is 194 Å². The van der Waals surface area contributed by atoms with Crippen molar-refractivity contribution in [1.82, 2.24) is 0 Å². The fourth-order valence-corrected chi connectivity index (χ4v) is 4.12. The molecule has 0 saturated heterocycles. The molecule has 0 spiro atoms. The zero-order chi connectivity index (χ0) is 23.9. The van der Waals surface area contributed by atoms with Crippen LogP contribution in [0.1, 0.15) is 19.8 Å². The van der Waals surface area contributed by atoms with Gasteiger partial charge in [-0.25, -0.2) is 0 Å². The number of nitrogens with one attached hydrogen (secondary N) is 1. The van der Waals surface area contributed by atoms with Gasteiger partial charge in [-0.1, -0.05) is 24.3 Å². The Morgan fingerprint density at radius 2 is 1.74 bits per heavy atom. The molecule has 0 aromatic heterocycles. The number of rotatable bonds is 6. The van der Waals surface area contributed by atoms with Crippen LogP contribution < -0.4 is 24.3 Å². The first-order valence-corrected chi connectivity index (χ1v) is 10.5. The van der Waals surface area contributed by atoms with Gasteiger partial charge in [0.05, 0.1) is 12.5 Å². The van der Waals surface area contributed by atoms with Crippen LogP contribution >= 0.6 is 0 Å². The van der Waals surface area contributed by atoms with Crippen molar-refractivity contribution in [3.8, 4) is 34.1 Å². The third kappa shape index (κ3) is 4.09. The van der Waals surface area contributed by atoms with Gasteiger partial charge < -0.3 is 24.3 Å². The number of hydrogen-bond acceptors (Lipinski definition) is 5. The van der Waals surface area contributed by atoms with E-state index in [1.165, 1.54) is 25.3 Å². The number of anilines is 1. The first kappa shape index (κ1) is 21.9. The Morgan fingerprint density at radius 3 is 2.47 bits per heavy atom. The lowest BCUT2D eigenvalue weighted by molar-refractivity contribution is -0.274. The number of fused-ring (bicyclic) bond motifs is 1. The van der Waals surface area contributed by atoms with E-state index in [4.69, 9.17) is 14.2 Å². The van der Waals surface area contributed by atoms with E-state index in [-0.39, 0.29) is 19.7 Å². The van der Waals surface area contributed by atoms with Gasteiger partial charge in [0, 0.05) is 18.2 Å². The fraction of sp³-hybridized carbons (Fsp3) is 0.240. The van der Waals surface area contributed by atoms with Crippen molar-refractivity contribution < 1.29 is 38.3 Å². The van der Waals surface area contributed by atoms with Gasteiger partial charge in [-0.3, -0.25) is 4.79 Å². The highest BCUT2D eigenvalue weighted by molar-refractivity contribution is 6.02. The van der Waals surface area contributed by atoms with Crippen molar-refractivity contribution in [3.05, 3.63) is 66.2 Å². The lowest BCUT2D eigenvalue weighted by Gasteiger charge is -2.19. The topological polar surface area (TPSA) is 66.0 Å². The molecule has 1 aliphatic carbocycles.